The van der Waals surface area contributed by atoms with Crippen LogP contribution >= 0.6 is 0 Å². The molecule has 0 atom stereocenters. The van der Waals surface area contributed by atoms with Crippen molar-refractivity contribution in [1.29, 1.82) is 0 Å². The van der Waals surface area contributed by atoms with Crippen LogP contribution in [0.2, 0.25) is 0 Å². The number of aliphatic imine (C=N–C) groups is 1. The van der Waals surface area contributed by atoms with E-state index in [9.17, 15) is 10.1 Å². The zero-order valence-corrected chi connectivity index (χ0v) is 10.6. The van der Waals surface area contributed by atoms with E-state index in [0.717, 1.165) is 12.2 Å². The van der Waals surface area contributed by atoms with Crippen LogP contribution in [-0.2, 0) is 0 Å². The number of anilines is 1. The lowest BCUT2D eigenvalue weighted by Gasteiger charge is -2.20. The monoisotopic (exact) mass is 249 g/mol. The molecule has 0 spiro atoms. The molecule has 1 aliphatic heterocycles. The van der Waals surface area contributed by atoms with Crippen LogP contribution in [0.15, 0.2) is 23.2 Å². The maximum absolute atomic E-state index is 10.8. The molecule has 18 heavy (non-hydrogen) atoms. The van der Waals surface area contributed by atoms with E-state index in [1.54, 1.807) is 18.5 Å². The van der Waals surface area contributed by atoms with E-state index in [2.05, 4.69) is 4.99 Å². The second kappa shape index (κ2) is 4.29. The van der Waals surface area contributed by atoms with Gasteiger partial charge < -0.3 is 9.64 Å². The molecular weight excluding hydrogens is 234 g/mol. The van der Waals surface area contributed by atoms with Gasteiger partial charge in [0.2, 0.25) is 0 Å². The third-order valence-corrected chi connectivity index (χ3v) is 2.80. The summed E-state index contributed by atoms with van der Waals surface area (Å²) in [5.41, 5.74) is 0.679. The average Bonchev–Trinajstić information content (AvgIpc) is 2.68. The molecule has 0 N–H and O–H groups in total. The second-order valence-corrected chi connectivity index (χ2v) is 4.80. The first-order chi connectivity index (χ1) is 8.43. The maximum atomic E-state index is 10.8. The molecule has 0 unspecified atom stereocenters. The van der Waals surface area contributed by atoms with E-state index in [4.69, 9.17) is 4.74 Å². The Bertz CT molecular complexity index is 511. The molecule has 0 fully saturated rings. The molecule has 96 valence electrons. The lowest BCUT2D eigenvalue weighted by atomic mass is 10.1. The lowest BCUT2D eigenvalue weighted by Crippen LogP contribution is -2.28. The Morgan fingerprint density at radius 1 is 1.50 bits per heavy atom. The minimum Gasteiger partial charge on any atom is -0.490 e. The van der Waals surface area contributed by atoms with Gasteiger partial charge in [0.15, 0.2) is 5.75 Å². The van der Waals surface area contributed by atoms with Gasteiger partial charge in [-0.25, -0.2) is 0 Å². The minimum absolute atomic E-state index is 0.0309. The fourth-order valence-electron chi connectivity index (χ4n) is 1.88. The lowest BCUT2D eigenvalue weighted by molar-refractivity contribution is -0.385. The SMILES string of the molecule is COc1cc(N2C=NC(C)(C)C2)ccc1[N+](=O)[O-]. The molecule has 6 heteroatoms. The number of hydrogen-bond donors (Lipinski definition) is 0. The van der Waals surface area contributed by atoms with Crippen molar-refractivity contribution in [2.24, 2.45) is 4.99 Å². The molecule has 2 rings (SSSR count). The third kappa shape index (κ3) is 2.27. The summed E-state index contributed by atoms with van der Waals surface area (Å²) in [4.78, 5) is 16.7. The first-order valence-electron chi connectivity index (χ1n) is 5.57. The number of hydrogen-bond acceptors (Lipinski definition) is 5. The van der Waals surface area contributed by atoms with Crippen LogP contribution in [0.3, 0.4) is 0 Å². The molecule has 0 saturated heterocycles. The Kier molecular flexibility index (Phi) is 2.94. The van der Waals surface area contributed by atoms with Gasteiger partial charge in [0.1, 0.15) is 0 Å². The Hall–Kier alpha value is -2.11. The van der Waals surface area contributed by atoms with Gasteiger partial charge in [-0.15, -0.1) is 0 Å². The van der Waals surface area contributed by atoms with Gasteiger partial charge in [0.25, 0.3) is 0 Å². The minimum atomic E-state index is -0.454. The molecule has 0 bridgehead atoms. The first kappa shape index (κ1) is 12.3. The number of nitrogens with zero attached hydrogens (tertiary/aromatic N) is 3. The predicted octanol–water partition coefficient (Wildman–Crippen LogP) is 2.23. The summed E-state index contributed by atoms with van der Waals surface area (Å²) in [5.74, 6) is 0.260. The van der Waals surface area contributed by atoms with Crippen molar-refractivity contribution in [3.05, 3.63) is 28.3 Å². The summed E-state index contributed by atoms with van der Waals surface area (Å²) >= 11 is 0. The summed E-state index contributed by atoms with van der Waals surface area (Å²) in [6.07, 6.45) is 1.75. The third-order valence-electron chi connectivity index (χ3n) is 2.80. The average molecular weight is 249 g/mol. The maximum Gasteiger partial charge on any atom is 0.311 e. The van der Waals surface area contributed by atoms with Crippen LogP contribution in [0, 0.1) is 10.1 Å². The summed E-state index contributed by atoms with van der Waals surface area (Å²) in [6, 6.07) is 4.81. The van der Waals surface area contributed by atoms with Crippen molar-refractivity contribution in [1.82, 2.24) is 0 Å². The smallest absolute Gasteiger partial charge is 0.311 e. The van der Waals surface area contributed by atoms with Gasteiger partial charge in [-0.1, -0.05) is 0 Å². The van der Waals surface area contributed by atoms with E-state index in [0.29, 0.717) is 0 Å². The molecule has 6 nitrogen and oxygen atoms in total. The number of methoxy groups -OCH3 is 1. The van der Waals surface area contributed by atoms with E-state index in [1.165, 1.54) is 13.2 Å². The van der Waals surface area contributed by atoms with Gasteiger partial charge in [0.05, 0.1) is 23.9 Å². The van der Waals surface area contributed by atoms with Crippen LogP contribution < -0.4 is 9.64 Å². The predicted molar refractivity (Wildman–Crippen MR) is 69.6 cm³/mol. The van der Waals surface area contributed by atoms with Crippen LogP contribution in [-0.4, -0.2) is 30.5 Å². The van der Waals surface area contributed by atoms with Crippen molar-refractivity contribution in [2.75, 3.05) is 18.6 Å². The molecule has 0 saturated carbocycles. The number of benzene rings is 1. The number of nitro groups is 1. The van der Waals surface area contributed by atoms with Crippen molar-refractivity contribution < 1.29 is 9.66 Å². The molecule has 0 radical (unpaired) electrons. The largest absolute Gasteiger partial charge is 0.490 e. The molecule has 0 amide bonds. The van der Waals surface area contributed by atoms with Crippen molar-refractivity contribution in [3.63, 3.8) is 0 Å². The first-order valence-corrected chi connectivity index (χ1v) is 5.57. The fraction of sp³-hybridized carbons (Fsp3) is 0.417. The summed E-state index contributed by atoms with van der Waals surface area (Å²) in [7, 11) is 1.42. The van der Waals surface area contributed by atoms with E-state index < -0.39 is 4.92 Å². The van der Waals surface area contributed by atoms with Gasteiger partial charge >= 0.3 is 5.69 Å². The highest BCUT2D eigenvalue weighted by molar-refractivity contribution is 5.83. The molecule has 0 aromatic heterocycles. The summed E-state index contributed by atoms with van der Waals surface area (Å²) in [6.45, 7) is 4.81. The number of rotatable bonds is 3. The van der Waals surface area contributed by atoms with Crippen molar-refractivity contribution in [2.45, 2.75) is 19.4 Å². The standard InChI is InChI=1S/C12H15N3O3/c1-12(2)7-14(8-13-12)9-4-5-10(15(16)17)11(6-9)18-3/h4-6,8H,7H2,1-3H3. The highest BCUT2D eigenvalue weighted by Crippen LogP contribution is 2.32. The zero-order valence-electron chi connectivity index (χ0n) is 10.6. The van der Waals surface area contributed by atoms with Crippen LogP contribution in [0.4, 0.5) is 11.4 Å². The molecular formula is C12H15N3O3. The van der Waals surface area contributed by atoms with Crippen molar-refractivity contribution in [3.8, 4) is 5.75 Å². The Balaban J connectivity index is 2.32. The quantitative estimate of drug-likeness (QED) is 0.608. The molecule has 0 aliphatic carbocycles. The molecule has 1 aromatic rings. The number of ether oxygens (including phenoxy) is 1. The van der Waals surface area contributed by atoms with Crippen molar-refractivity contribution >= 4 is 17.7 Å². The van der Waals surface area contributed by atoms with Gasteiger partial charge in [-0.2, -0.15) is 0 Å². The van der Waals surface area contributed by atoms with Gasteiger partial charge in [0, 0.05) is 24.4 Å². The van der Waals surface area contributed by atoms with Crippen LogP contribution in [0.5, 0.6) is 5.75 Å². The van der Waals surface area contributed by atoms with Gasteiger partial charge in [-0.3, -0.25) is 15.1 Å². The molecule has 1 aromatic carbocycles. The normalized spacial score (nSPS) is 16.9. The highest BCUT2D eigenvalue weighted by atomic mass is 16.6. The van der Waals surface area contributed by atoms with Gasteiger partial charge in [-0.05, 0) is 19.9 Å². The Morgan fingerprint density at radius 2 is 2.22 bits per heavy atom. The van der Waals surface area contributed by atoms with E-state index in [1.807, 2.05) is 18.7 Å². The summed E-state index contributed by atoms with van der Waals surface area (Å²) in [5, 5.41) is 10.8. The molecule has 1 heterocycles. The Labute approximate surface area is 105 Å². The number of nitro benzene ring substituents is 1. The fourth-order valence-corrected chi connectivity index (χ4v) is 1.88. The van der Waals surface area contributed by atoms with Crippen LogP contribution in [0.25, 0.3) is 0 Å². The second-order valence-electron chi connectivity index (χ2n) is 4.80. The topological polar surface area (TPSA) is 68.0 Å². The zero-order chi connectivity index (χ0) is 13.3. The molecule has 1 aliphatic rings. The van der Waals surface area contributed by atoms with E-state index >= 15 is 0 Å². The summed E-state index contributed by atoms with van der Waals surface area (Å²) < 4.78 is 5.05. The highest BCUT2D eigenvalue weighted by Gasteiger charge is 2.26. The van der Waals surface area contributed by atoms with E-state index in [-0.39, 0.29) is 17.0 Å². The Morgan fingerprint density at radius 3 is 2.72 bits per heavy atom. The van der Waals surface area contributed by atoms with Crippen LogP contribution in [0.1, 0.15) is 13.8 Å².